The van der Waals surface area contributed by atoms with Gasteiger partial charge in [-0.05, 0) is 12.3 Å². The lowest BCUT2D eigenvalue weighted by atomic mass is 9.96. The van der Waals surface area contributed by atoms with Gasteiger partial charge in [-0.25, -0.2) is 0 Å². The molecule has 0 saturated carbocycles. The number of anilines is 2. The summed E-state index contributed by atoms with van der Waals surface area (Å²) in [6.45, 7) is 4.05. The molecule has 3 rings (SSSR count). The van der Waals surface area contributed by atoms with Crippen LogP contribution in [0.4, 0.5) is 11.8 Å². The Kier molecular flexibility index (Phi) is 3.43. The summed E-state index contributed by atoms with van der Waals surface area (Å²) in [5.74, 6) is 2.09. The van der Waals surface area contributed by atoms with Crippen molar-refractivity contribution in [3.8, 4) is 0 Å². The second kappa shape index (κ2) is 5.24. The number of rotatable bonds is 3. The average Bonchev–Trinajstić information content (AvgIpc) is 2.95. The van der Waals surface area contributed by atoms with Gasteiger partial charge in [0, 0.05) is 27.2 Å². The standard InChI is InChI=1S/C13H20N6O/c1-8-4-5-19(7-10(8)20-3)12-9-6-15-18-11(9)16-13(14-2)17-12/h6,8,10H,4-5,7H2,1-3H3,(H2,14,15,16,17,18). The van der Waals surface area contributed by atoms with Crippen LogP contribution in [0.25, 0.3) is 11.0 Å². The van der Waals surface area contributed by atoms with Crippen LogP contribution in [0.15, 0.2) is 6.20 Å². The molecule has 2 aromatic heterocycles. The predicted molar refractivity (Wildman–Crippen MR) is 78.0 cm³/mol. The Bertz CT molecular complexity index is 598. The van der Waals surface area contributed by atoms with Crippen molar-refractivity contribution in [2.24, 2.45) is 5.92 Å². The molecule has 2 atom stereocenters. The van der Waals surface area contributed by atoms with Crippen molar-refractivity contribution in [1.82, 2.24) is 20.2 Å². The largest absolute Gasteiger partial charge is 0.379 e. The van der Waals surface area contributed by atoms with E-state index in [-0.39, 0.29) is 6.10 Å². The summed E-state index contributed by atoms with van der Waals surface area (Å²) in [6, 6.07) is 0. The molecule has 1 aliphatic rings. The van der Waals surface area contributed by atoms with Crippen molar-refractivity contribution in [1.29, 1.82) is 0 Å². The number of hydrogen-bond acceptors (Lipinski definition) is 6. The molecule has 20 heavy (non-hydrogen) atoms. The molecule has 1 saturated heterocycles. The van der Waals surface area contributed by atoms with Gasteiger partial charge in [-0.2, -0.15) is 15.1 Å². The molecular formula is C13H20N6O. The molecule has 0 radical (unpaired) electrons. The maximum absolute atomic E-state index is 5.58. The van der Waals surface area contributed by atoms with E-state index in [4.69, 9.17) is 4.74 Å². The number of hydrogen-bond donors (Lipinski definition) is 2. The Morgan fingerprint density at radius 1 is 1.45 bits per heavy atom. The van der Waals surface area contributed by atoms with Crippen molar-refractivity contribution in [2.75, 3.05) is 37.5 Å². The third-order valence-electron chi connectivity index (χ3n) is 4.00. The van der Waals surface area contributed by atoms with Crippen LogP contribution in [0.2, 0.25) is 0 Å². The molecule has 7 heteroatoms. The third kappa shape index (κ3) is 2.18. The number of H-pyrrole nitrogens is 1. The van der Waals surface area contributed by atoms with Gasteiger partial charge >= 0.3 is 0 Å². The number of nitrogens with one attached hydrogen (secondary N) is 2. The van der Waals surface area contributed by atoms with Gasteiger partial charge in [0.05, 0.1) is 17.7 Å². The van der Waals surface area contributed by atoms with E-state index < -0.39 is 0 Å². The lowest BCUT2D eigenvalue weighted by Crippen LogP contribution is -2.44. The molecule has 3 heterocycles. The molecule has 1 aliphatic heterocycles. The molecule has 2 aromatic rings. The smallest absolute Gasteiger partial charge is 0.226 e. The normalized spacial score (nSPS) is 23.2. The van der Waals surface area contributed by atoms with E-state index in [1.807, 2.05) is 7.05 Å². The predicted octanol–water partition coefficient (Wildman–Crippen LogP) is 1.26. The first-order chi connectivity index (χ1) is 9.72. The Labute approximate surface area is 117 Å². The SMILES string of the molecule is CNc1nc(N2CCC(C)C(OC)C2)c2cn[nH]c2n1. The van der Waals surface area contributed by atoms with Gasteiger partial charge < -0.3 is 15.0 Å². The minimum atomic E-state index is 0.235. The van der Waals surface area contributed by atoms with Crippen molar-refractivity contribution in [2.45, 2.75) is 19.4 Å². The van der Waals surface area contributed by atoms with Gasteiger partial charge in [0.25, 0.3) is 0 Å². The van der Waals surface area contributed by atoms with Crippen LogP contribution >= 0.6 is 0 Å². The van der Waals surface area contributed by atoms with Gasteiger partial charge in [0.2, 0.25) is 5.95 Å². The van der Waals surface area contributed by atoms with Gasteiger partial charge in [-0.15, -0.1) is 0 Å². The number of aromatic amines is 1. The summed E-state index contributed by atoms with van der Waals surface area (Å²) >= 11 is 0. The van der Waals surface area contributed by atoms with Crippen molar-refractivity contribution < 1.29 is 4.74 Å². The monoisotopic (exact) mass is 276 g/mol. The first-order valence-electron chi connectivity index (χ1n) is 6.89. The Balaban J connectivity index is 1.98. The fourth-order valence-electron chi connectivity index (χ4n) is 2.71. The fraction of sp³-hybridized carbons (Fsp3) is 0.615. The highest BCUT2D eigenvalue weighted by Crippen LogP contribution is 2.28. The minimum Gasteiger partial charge on any atom is -0.379 e. The molecule has 1 fully saturated rings. The Morgan fingerprint density at radius 3 is 3.05 bits per heavy atom. The molecule has 2 unspecified atom stereocenters. The van der Waals surface area contributed by atoms with E-state index in [9.17, 15) is 0 Å². The summed E-state index contributed by atoms with van der Waals surface area (Å²) in [6.07, 6.45) is 3.11. The van der Waals surface area contributed by atoms with E-state index in [0.29, 0.717) is 11.9 Å². The summed E-state index contributed by atoms with van der Waals surface area (Å²) in [7, 11) is 3.59. The second-order valence-electron chi connectivity index (χ2n) is 5.24. The van der Waals surface area contributed by atoms with E-state index in [0.717, 1.165) is 36.4 Å². The summed E-state index contributed by atoms with van der Waals surface area (Å²) < 4.78 is 5.58. The minimum absolute atomic E-state index is 0.235. The molecule has 0 spiro atoms. The van der Waals surface area contributed by atoms with Crippen LogP contribution in [0.3, 0.4) is 0 Å². The molecular weight excluding hydrogens is 256 g/mol. The second-order valence-corrected chi connectivity index (χ2v) is 5.24. The molecule has 0 amide bonds. The highest BCUT2D eigenvalue weighted by atomic mass is 16.5. The zero-order valence-corrected chi connectivity index (χ0v) is 12.1. The highest BCUT2D eigenvalue weighted by Gasteiger charge is 2.28. The molecule has 0 aromatic carbocycles. The molecule has 108 valence electrons. The van der Waals surface area contributed by atoms with Crippen LogP contribution in [0.1, 0.15) is 13.3 Å². The van der Waals surface area contributed by atoms with Gasteiger partial charge in [0.1, 0.15) is 5.82 Å². The number of methoxy groups -OCH3 is 1. The van der Waals surface area contributed by atoms with Crippen LogP contribution in [0, 0.1) is 5.92 Å². The maximum Gasteiger partial charge on any atom is 0.226 e. The van der Waals surface area contributed by atoms with Crippen LogP contribution in [0.5, 0.6) is 0 Å². The zero-order chi connectivity index (χ0) is 14.1. The van der Waals surface area contributed by atoms with Crippen molar-refractivity contribution in [3.63, 3.8) is 0 Å². The van der Waals surface area contributed by atoms with Gasteiger partial charge in [0.15, 0.2) is 5.65 Å². The van der Waals surface area contributed by atoms with Gasteiger partial charge in [-0.1, -0.05) is 6.92 Å². The Morgan fingerprint density at radius 2 is 2.30 bits per heavy atom. The molecule has 7 nitrogen and oxygen atoms in total. The van der Waals surface area contributed by atoms with Crippen LogP contribution in [-0.4, -0.2) is 53.5 Å². The number of aromatic nitrogens is 4. The van der Waals surface area contributed by atoms with Crippen molar-refractivity contribution >= 4 is 22.8 Å². The lowest BCUT2D eigenvalue weighted by Gasteiger charge is -2.37. The van der Waals surface area contributed by atoms with Gasteiger partial charge in [-0.3, -0.25) is 5.10 Å². The lowest BCUT2D eigenvalue weighted by molar-refractivity contribution is 0.0497. The highest BCUT2D eigenvalue weighted by molar-refractivity contribution is 5.87. The van der Waals surface area contributed by atoms with E-state index in [1.165, 1.54) is 0 Å². The number of ether oxygens (including phenoxy) is 1. The Hall–Kier alpha value is -1.89. The first kappa shape index (κ1) is 13.1. The maximum atomic E-state index is 5.58. The topological polar surface area (TPSA) is 79.0 Å². The van der Waals surface area contributed by atoms with Crippen molar-refractivity contribution in [3.05, 3.63) is 6.20 Å². The van der Waals surface area contributed by atoms with E-state index in [2.05, 4.69) is 37.3 Å². The zero-order valence-electron chi connectivity index (χ0n) is 12.1. The molecule has 2 N–H and O–H groups in total. The van der Waals surface area contributed by atoms with E-state index in [1.54, 1.807) is 13.3 Å². The number of nitrogens with zero attached hydrogens (tertiary/aromatic N) is 4. The fourth-order valence-corrected chi connectivity index (χ4v) is 2.71. The van der Waals surface area contributed by atoms with Crippen LogP contribution < -0.4 is 10.2 Å². The summed E-state index contributed by atoms with van der Waals surface area (Å²) in [4.78, 5) is 11.2. The molecule has 0 aliphatic carbocycles. The van der Waals surface area contributed by atoms with Crippen LogP contribution in [-0.2, 0) is 4.74 Å². The summed E-state index contributed by atoms with van der Waals surface area (Å²) in [5.41, 5.74) is 0.756. The van der Waals surface area contributed by atoms with E-state index >= 15 is 0 Å². The third-order valence-corrected chi connectivity index (χ3v) is 4.00. The number of piperidine rings is 1. The quantitative estimate of drug-likeness (QED) is 0.878. The first-order valence-corrected chi connectivity index (χ1v) is 6.89. The molecule has 0 bridgehead atoms. The summed E-state index contributed by atoms with van der Waals surface area (Å²) in [5, 5.41) is 10.9. The average molecular weight is 276 g/mol. The number of fused-ring (bicyclic) bond motifs is 1.